The highest BCUT2D eigenvalue weighted by atomic mass is 16.5. The van der Waals surface area contributed by atoms with E-state index in [-0.39, 0.29) is 0 Å². The SMILES string of the molecule is Cc1noc(C)c1CNCCCN1CCc2ccccc21. The fourth-order valence-corrected chi connectivity index (χ4v) is 3.00. The predicted molar refractivity (Wildman–Crippen MR) is 84.7 cm³/mol. The number of rotatable bonds is 6. The highest BCUT2D eigenvalue weighted by Crippen LogP contribution is 2.27. The number of anilines is 1. The lowest BCUT2D eigenvalue weighted by molar-refractivity contribution is 0.392. The lowest BCUT2D eigenvalue weighted by Gasteiger charge is -2.19. The van der Waals surface area contributed by atoms with E-state index in [2.05, 4.69) is 39.6 Å². The first-order valence-corrected chi connectivity index (χ1v) is 7.71. The zero-order valence-electron chi connectivity index (χ0n) is 12.9. The molecule has 3 rings (SSSR count). The van der Waals surface area contributed by atoms with E-state index in [1.807, 2.05) is 13.8 Å². The second-order valence-electron chi connectivity index (χ2n) is 5.70. The van der Waals surface area contributed by atoms with Gasteiger partial charge in [0.25, 0.3) is 0 Å². The van der Waals surface area contributed by atoms with Crippen molar-refractivity contribution in [1.82, 2.24) is 10.5 Å². The van der Waals surface area contributed by atoms with E-state index < -0.39 is 0 Å². The molecule has 4 heteroatoms. The van der Waals surface area contributed by atoms with Gasteiger partial charge in [0.05, 0.1) is 5.69 Å². The molecule has 1 aromatic carbocycles. The molecule has 0 spiro atoms. The number of hydrogen-bond acceptors (Lipinski definition) is 4. The van der Waals surface area contributed by atoms with Gasteiger partial charge in [-0.3, -0.25) is 0 Å². The molecule has 0 fully saturated rings. The van der Waals surface area contributed by atoms with Crippen molar-refractivity contribution in [3.05, 3.63) is 46.8 Å². The molecular weight excluding hydrogens is 262 g/mol. The molecule has 0 saturated carbocycles. The molecule has 0 atom stereocenters. The van der Waals surface area contributed by atoms with Crippen LogP contribution < -0.4 is 10.2 Å². The van der Waals surface area contributed by atoms with Gasteiger partial charge in [-0.1, -0.05) is 23.4 Å². The number of fused-ring (bicyclic) bond motifs is 1. The Labute approximate surface area is 126 Å². The molecule has 1 N–H and O–H groups in total. The van der Waals surface area contributed by atoms with Gasteiger partial charge in [-0.2, -0.15) is 0 Å². The average Bonchev–Trinajstić information content (AvgIpc) is 3.04. The van der Waals surface area contributed by atoms with Gasteiger partial charge in [-0.05, 0) is 44.9 Å². The normalized spacial score (nSPS) is 13.7. The molecule has 0 aliphatic carbocycles. The maximum Gasteiger partial charge on any atom is 0.138 e. The minimum Gasteiger partial charge on any atom is -0.371 e. The Hall–Kier alpha value is -1.81. The van der Waals surface area contributed by atoms with Crippen LogP contribution in [0.1, 0.15) is 29.0 Å². The van der Waals surface area contributed by atoms with Gasteiger partial charge in [-0.25, -0.2) is 0 Å². The van der Waals surface area contributed by atoms with Crippen LogP contribution in [0.5, 0.6) is 0 Å². The van der Waals surface area contributed by atoms with Crippen molar-refractivity contribution >= 4 is 5.69 Å². The smallest absolute Gasteiger partial charge is 0.138 e. The van der Waals surface area contributed by atoms with Crippen molar-refractivity contribution in [2.24, 2.45) is 0 Å². The fraction of sp³-hybridized carbons (Fsp3) is 0.471. The molecule has 112 valence electrons. The van der Waals surface area contributed by atoms with Crippen LogP contribution in [0.15, 0.2) is 28.8 Å². The van der Waals surface area contributed by atoms with E-state index in [4.69, 9.17) is 4.52 Å². The topological polar surface area (TPSA) is 41.3 Å². The third-order valence-corrected chi connectivity index (χ3v) is 4.25. The molecule has 21 heavy (non-hydrogen) atoms. The molecule has 1 aliphatic rings. The summed E-state index contributed by atoms with van der Waals surface area (Å²) in [6.07, 6.45) is 2.33. The Bertz CT molecular complexity index is 586. The molecule has 0 unspecified atom stereocenters. The second-order valence-corrected chi connectivity index (χ2v) is 5.70. The van der Waals surface area contributed by atoms with Gasteiger partial charge in [0.1, 0.15) is 5.76 Å². The van der Waals surface area contributed by atoms with Crippen LogP contribution in [0.3, 0.4) is 0 Å². The maximum absolute atomic E-state index is 5.17. The van der Waals surface area contributed by atoms with E-state index in [1.54, 1.807) is 0 Å². The van der Waals surface area contributed by atoms with Crippen molar-refractivity contribution < 1.29 is 4.52 Å². The molecule has 1 aromatic heterocycles. The summed E-state index contributed by atoms with van der Waals surface area (Å²) in [6, 6.07) is 8.74. The zero-order valence-corrected chi connectivity index (χ0v) is 12.9. The maximum atomic E-state index is 5.17. The van der Waals surface area contributed by atoms with E-state index >= 15 is 0 Å². The number of aryl methyl sites for hydroxylation is 2. The van der Waals surface area contributed by atoms with Gasteiger partial charge >= 0.3 is 0 Å². The lowest BCUT2D eigenvalue weighted by atomic mass is 10.2. The third kappa shape index (κ3) is 3.10. The molecule has 2 aromatic rings. The first kappa shape index (κ1) is 14.1. The molecule has 0 saturated heterocycles. The van der Waals surface area contributed by atoms with Gasteiger partial charge in [-0.15, -0.1) is 0 Å². The Morgan fingerprint density at radius 3 is 2.95 bits per heavy atom. The number of aromatic nitrogens is 1. The minimum atomic E-state index is 0.845. The summed E-state index contributed by atoms with van der Waals surface area (Å²) in [5.41, 5.74) is 5.10. The summed E-state index contributed by atoms with van der Waals surface area (Å²) in [6.45, 7) is 8.10. The van der Waals surface area contributed by atoms with Crippen molar-refractivity contribution in [2.45, 2.75) is 33.2 Å². The molecule has 0 bridgehead atoms. The first-order valence-electron chi connectivity index (χ1n) is 7.71. The summed E-state index contributed by atoms with van der Waals surface area (Å²) in [5, 5.41) is 7.47. The van der Waals surface area contributed by atoms with Gasteiger partial charge in [0, 0.05) is 30.9 Å². The van der Waals surface area contributed by atoms with Crippen LogP contribution in [-0.4, -0.2) is 24.8 Å². The molecule has 1 aliphatic heterocycles. The summed E-state index contributed by atoms with van der Waals surface area (Å²) < 4.78 is 5.17. The Morgan fingerprint density at radius 2 is 2.14 bits per heavy atom. The Balaban J connectivity index is 1.42. The number of hydrogen-bond donors (Lipinski definition) is 1. The van der Waals surface area contributed by atoms with Crippen molar-refractivity contribution in [3.63, 3.8) is 0 Å². The molecule has 0 radical (unpaired) electrons. The van der Waals surface area contributed by atoms with Gasteiger partial charge in [0.15, 0.2) is 0 Å². The van der Waals surface area contributed by atoms with Crippen LogP contribution in [0.25, 0.3) is 0 Å². The highest BCUT2D eigenvalue weighted by Gasteiger charge is 2.17. The third-order valence-electron chi connectivity index (χ3n) is 4.25. The molecule has 0 amide bonds. The summed E-state index contributed by atoms with van der Waals surface area (Å²) in [5.74, 6) is 0.925. The summed E-state index contributed by atoms with van der Waals surface area (Å²) in [7, 11) is 0. The van der Waals surface area contributed by atoms with Crippen molar-refractivity contribution in [1.29, 1.82) is 0 Å². The summed E-state index contributed by atoms with van der Waals surface area (Å²) in [4.78, 5) is 2.49. The van der Waals surface area contributed by atoms with E-state index in [0.717, 1.165) is 44.1 Å². The standard InChI is InChI=1S/C17H23N3O/c1-13-16(14(2)21-19-13)12-18-9-5-10-20-11-8-15-6-3-4-7-17(15)20/h3-4,6-7,18H,5,8-12H2,1-2H3. The molecule has 4 nitrogen and oxygen atoms in total. The van der Waals surface area contributed by atoms with Gasteiger partial charge < -0.3 is 14.7 Å². The van der Waals surface area contributed by atoms with Crippen LogP contribution in [-0.2, 0) is 13.0 Å². The number of nitrogens with one attached hydrogen (secondary N) is 1. The Kier molecular flexibility index (Phi) is 4.25. The monoisotopic (exact) mass is 285 g/mol. The van der Waals surface area contributed by atoms with Crippen LogP contribution >= 0.6 is 0 Å². The van der Waals surface area contributed by atoms with E-state index in [1.165, 1.54) is 23.2 Å². The van der Waals surface area contributed by atoms with Crippen LogP contribution in [0.4, 0.5) is 5.69 Å². The van der Waals surface area contributed by atoms with Gasteiger partial charge in [0.2, 0.25) is 0 Å². The van der Waals surface area contributed by atoms with Crippen molar-refractivity contribution in [3.8, 4) is 0 Å². The zero-order chi connectivity index (χ0) is 14.7. The van der Waals surface area contributed by atoms with Crippen molar-refractivity contribution in [2.75, 3.05) is 24.5 Å². The summed E-state index contributed by atoms with van der Waals surface area (Å²) >= 11 is 0. The van der Waals surface area contributed by atoms with E-state index in [0.29, 0.717) is 0 Å². The number of para-hydroxylation sites is 1. The largest absolute Gasteiger partial charge is 0.371 e. The molecular formula is C17H23N3O. The average molecular weight is 285 g/mol. The lowest BCUT2D eigenvalue weighted by Crippen LogP contribution is -2.25. The quantitative estimate of drug-likeness (QED) is 0.829. The molecule has 2 heterocycles. The highest BCUT2D eigenvalue weighted by molar-refractivity contribution is 5.57. The Morgan fingerprint density at radius 1 is 1.29 bits per heavy atom. The van der Waals surface area contributed by atoms with Crippen LogP contribution in [0.2, 0.25) is 0 Å². The minimum absolute atomic E-state index is 0.845. The number of benzene rings is 1. The van der Waals surface area contributed by atoms with Crippen LogP contribution in [0, 0.1) is 13.8 Å². The fourth-order valence-electron chi connectivity index (χ4n) is 3.00. The second kappa shape index (κ2) is 6.31. The first-order chi connectivity index (χ1) is 10.3. The predicted octanol–water partition coefficient (Wildman–Crippen LogP) is 2.83. The van der Waals surface area contributed by atoms with E-state index in [9.17, 15) is 0 Å². The number of nitrogens with zero attached hydrogens (tertiary/aromatic N) is 2.